The molecule has 0 spiro atoms. The van der Waals surface area contributed by atoms with Gasteiger partial charge in [-0.1, -0.05) is 11.6 Å². The van der Waals surface area contributed by atoms with Gasteiger partial charge in [-0.25, -0.2) is 0 Å². The number of hydrogen-bond acceptors (Lipinski definition) is 3. The van der Waals surface area contributed by atoms with E-state index < -0.39 is 0 Å². The number of aliphatic hydroxyl groups is 1. The van der Waals surface area contributed by atoms with Gasteiger partial charge in [0.15, 0.2) is 0 Å². The van der Waals surface area contributed by atoms with Gasteiger partial charge in [0.25, 0.3) is 0 Å². The van der Waals surface area contributed by atoms with Gasteiger partial charge in [-0.2, -0.15) is 0 Å². The summed E-state index contributed by atoms with van der Waals surface area (Å²) in [4.78, 5) is 0. The van der Waals surface area contributed by atoms with E-state index in [0.717, 1.165) is 27.5 Å². The molecule has 102 valence electrons. The predicted octanol–water partition coefficient (Wildman–Crippen LogP) is 3.00. The fourth-order valence-corrected chi connectivity index (χ4v) is 2.46. The van der Waals surface area contributed by atoms with Crippen molar-refractivity contribution in [2.24, 2.45) is 0 Å². The average molecular weight is 272 g/mol. The first-order chi connectivity index (χ1) is 8.56. The van der Waals surface area contributed by atoms with Crippen molar-refractivity contribution in [3.63, 3.8) is 0 Å². The van der Waals surface area contributed by atoms with Crippen LogP contribution in [0.2, 0.25) is 5.02 Å². The Morgan fingerprint density at radius 3 is 2.61 bits per heavy atom. The summed E-state index contributed by atoms with van der Waals surface area (Å²) in [6.07, 6.45) is 0.636. The zero-order valence-corrected chi connectivity index (χ0v) is 12.3. The number of hydrogen-bond donors (Lipinski definition) is 2. The van der Waals surface area contributed by atoms with Crippen molar-refractivity contribution in [1.29, 1.82) is 0 Å². The minimum atomic E-state index is 0.0500. The van der Waals surface area contributed by atoms with Crippen LogP contribution in [0.1, 0.15) is 36.1 Å². The average Bonchev–Trinajstić information content (AvgIpc) is 2.34. The van der Waals surface area contributed by atoms with Crippen LogP contribution in [-0.4, -0.2) is 25.4 Å². The molecule has 0 saturated heterocycles. The Labute approximate surface area is 114 Å². The molecule has 1 aromatic rings. The maximum absolute atomic E-state index is 9.17. The largest absolute Gasteiger partial charge is 0.493 e. The molecule has 0 aliphatic rings. The van der Waals surface area contributed by atoms with E-state index in [1.54, 1.807) is 0 Å². The molecule has 0 saturated carbocycles. The molecule has 1 unspecified atom stereocenters. The zero-order chi connectivity index (χ0) is 13.7. The van der Waals surface area contributed by atoms with E-state index in [0.29, 0.717) is 13.0 Å². The van der Waals surface area contributed by atoms with E-state index >= 15 is 0 Å². The zero-order valence-electron chi connectivity index (χ0n) is 11.5. The van der Waals surface area contributed by atoms with Gasteiger partial charge in [-0.3, -0.25) is 0 Å². The maximum atomic E-state index is 9.17. The summed E-state index contributed by atoms with van der Waals surface area (Å²) in [6.45, 7) is 6.69. The smallest absolute Gasteiger partial charge is 0.127 e. The van der Waals surface area contributed by atoms with Crippen molar-refractivity contribution < 1.29 is 9.84 Å². The quantitative estimate of drug-likeness (QED) is 0.836. The number of rotatable bonds is 6. The third kappa shape index (κ3) is 3.16. The van der Waals surface area contributed by atoms with E-state index in [9.17, 15) is 0 Å². The second-order valence-corrected chi connectivity index (χ2v) is 4.74. The van der Waals surface area contributed by atoms with E-state index in [1.807, 2.05) is 33.9 Å². The van der Waals surface area contributed by atoms with E-state index in [-0.39, 0.29) is 12.6 Å². The summed E-state index contributed by atoms with van der Waals surface area (Å²) in [7, 11) is 1.88. The van der Waals surface area contributed by atoms with E-state index in [1.165, 1.54) is 0 Å². The fourth-order valence-electron chi connectivity index (χ4n) is 2.19. The number of aliphatic hydroxyl groups excluding tert-OH is 1. The maximum Gasteiger partial charge on any atom is 0.127 e. The van der Waals surface area contributed by atoms with Gasteiger partial charge in [-0.05, 0) is 51.4 Å². The normalized spacial score (nSPS) is 12.6. The third-order valence-corrected chi connectivity index (χ3v) is 3.50. The highest BCUT2D eigenvalue weighted by molar-refractivity contribution is 6.31. The molecule has 0 aromatic heterocycles. The Morgan fingerprint density at radius 2 is 2.11 bits per heavy atom. The summed E-state index contributed by atoms with van der Waals surface area (Å²) in [5.41, 5.74) is 3.09. The molecular formula is C14H22ClNO2. The standard InChI is InChI=1S/C14H22ClNO2/c1-5-18-14-9(2)8-11(15)10(3)13(14)12(16-4)6-7-17/h8,12,16-17H,5-7H2,1-4H3. The molecule has 1 atom stereocenters. The van der Waals surface area contributed by atoms with Gasteiger partial charge in [0, 0.05) is 23.2 Å². The van der Waals surface area contributed by atoms with Crippen molar-refractivity contribution in [1.82, 2.24) is 5.32 Å². The highest BCUT2D eigenvalue weighted by atomic mass is 35.5. The van der Waals surface area contributed by atoms with Gasteiger partial charge in [-0.15, -0.1) is 0 Å². The fraction of sp³-hybridized carbons (Fsp3) is 0.571. The summed E-state index contributed by atoms with van der Waals surface area (Å²) in [5.74, 6) is 0.882. The number of ether oxygens (including phenoxy) is 1. The molecular weight excluding hydrogens is 250 g/mol. The molecule has 18 heavy (non-hydrogen) atoms. The van der Waals surface area contributed by atoms with Crippen LogP contribution in [0.25, 0.3) is 0 Å². The number of benzene rings is 1. The van der Waals surface area contributed by atoms with Crippen LogP contribution in [0.5, 0.6) is 5.75 Å². The Hall–Kier alpha value is -0.770. The summed E-state index contributed by atoms with van der Waals surface area (Å²) < 4.78 is 5.75. The Balaban J connectivity index is 3.35. The van der Waals surface area contributed by atoms with Crippen LogP contribution in [0.15, 0.2) is 6.07 Å². The molecule has 0 heterocycles. The van der Waals surface area contributed by atoms with Crippen LogP contribution in [0.3, 0.4) is 0 Å². The lowest BCUT2D eigenvalue weighted by molar-refractivity contribution is 0.264. The number of nitrogens with one attached hydrogen (secondary N) is 1. The first kappa shape index (κ1) is 15.3. The highest BCUT2D eigenvalue weighted by Crippen LogP contribution is 2.37. The lowest BCUT2D eigenvalue weighted by atomic mass is 9.95. The second kappa shape index (κ2) is 6.98. The minimum Gasteiger partial charge on any atom is -0.493 e. The first-order valence-corrected chi connectivity index (χ1v) is 6.65. The van der Waals surface area contributed by atoms with Gasteiger partial charge in [0.1, 0.15) is 5.75 Å². The Morgan fingerprint density at radius 1 is 1.44 bits per heavy atom. The lowest BCUT2D eigenvalue weighted by Gasteiger charge is -2.23. The number of aryl methyl sites for hydroxylation is 1. The van der Waals surface area contributed by atoms with Crippen LogP contribution in [0.4, 0.5) is 0 Å². The molecule has 0 radical (unpaired) electrons. The van der Waals surface area contributed by atoms with Gasteiger partial charge >= 0.3 is 0 Å². The highest BCUT2D eigenvalue weighted by Gasteiger charge is 2.20. The summed E-state index contributed by atoms with van der Waals surface area (Å²) >= 11 is 6.25. The lowest BCUT2D eigenvalue weighted by Crippen LogP contribution is -2.20. The first-order valence-electron chi connectivity index (χ1n) is 6.27. The third-order valence-electron chi connectivity index (χ3n) is 3.11. The topological polar surface area (TPSA) is 41.5 Å². The molecule has 4 heteroatoms. The summed E-state index contributed by atoms with van der Waals surface area (Å²) in [6, 6.07) is 1.98. The SMILES string of the molecule is CCOc1c(C)cc(Cl)c(C)c1C(CCO)NC. The van der Waals surface area contributed by atoms with E-state index in [2.05, 4.69) is 5.32 Å². The van der Waals surface area contributed by atoms with Gasteiger partial charge in [0.2, 0.25) is 0 Å². The molecule has 0 aliphatic heterocycles. The number of halogens is 1. The van der Waals surface area contributed by atoms with Crippen molar-refractivity contribution >= 4 is 11.6 Å². The molecule has 1 aromatic carbocycles. The molecule has 0 fully saturated rings. The van der Waals surface area contributed by atoms with Gasteiger partial charge < -0.3 is 15.2 Å². The van der Waals surface area contributed by atoms with E-state index in [4.69, 9.17) is 21.4 Å². The van der Waals surface area contributed by atoms with Crippen LogP contribution in [0, 0.1) is 13.8 Å². The van der Waals surface area contributed by atoms with Gasteiger partial charge in [0.05, 0.1) is 6.61 Å². The molecule has 3 nitrogen and oxygen atoms in total. The summed E-state index contributed by atoms with van der Waals surface area (Å²) in [5, 5.41) is 13.1. The monoisotopic (exact) mass is 271 g/mol. The van der Waals surface area contributed by atoms with Crippen molar-refractivity contribution in [3.8, 4) is 5.75 Å². The second-order valence-electron chi connectivity index (χ2n) is 4.33. The van der Waals surface area contributed by atoms with Crippen LogP contribution >= 0.6 is 11.6 Å². The molecule has 0 aliphatic carbocycles. The predicted molar refractivity (Wildman–Crippen MR) is 75.6 cm³/mol. The van der Waals surface area contributed by atoms with Crippen molar-refractivity contribution in [3.05, 3.63) is 27.8 Å². The Bertz CT molecular complexity index is 407. The Kier molecular flexibility index (Phi) is 5.93. The van der Waals surface area contributed by atoms with Crippen LogP contribution in [-0.2, 0) is 0 Å². The minimum absolute atomic E-state index is 0.0500. The van der Waals surface area contributed by atoms with Crippen LogP contribution < -0.4 is 10.1 Å². The molecule has 2 N–H and O–H groups in total. The van der Waals surface area contributed by atoms with Crippen molar-refractivity contribution in [2.45, 2.75) is 33.2 Å². The van der Waals surface area contributed by atoms with Crippen molar-refractivity contribution in [2.75, 3.05) is 20.3 Å². The molecule has 0 amide bonds. The molecule has 1 rings (SSSR count). The molecule has 0 bridgehead atoms.